The predicted molar refractivity (Wildman–Crippen MR) is 69.3 cm³/mol. The van der Waals surface area contributed by atoms with E-state index in [9.17, 15) is 8.78 Å². The minimum Gasteiger partial charge on any atom is -0.389 e. The molecule has 0 aromatic heterocycles. The van der Waals surface area contributed by atoms with Gasteiger partial charge in [0, 0.05) is 18.7 Å². The van der Waals surface area contributed by atoms with Gasteiger partial charge in [-0.15, -0.1) is 0 Å². The number of halogens is 2. The number of nitrogens with zero attached hydrogens (tertiary/aromatic N) is 1. The molecule has 0 radical (unpaired) electrons. The lowest BCUT2D eigenvalue weighted by Crippen LogP contribution is -2.21. The quantitative estimate of drug-likeness (QED) is 0.788. The van der Waals surface area contributed by atoms with E-state index in [1.54, 1.807) is 0 Å². The van der Waals surface area contributed by atoms with Crippen LogP contribution in [0.1, 0.15) is 5.56 Å². The van der Waals surface area contributed by atoms with Gasteiger partial charge in [-0.25, -0.2) is 8.78 Å². The maximum atomic E-state index is 13.6. The van der Waals surface area contributed by atoms with Crippen molar-refractivity contribution < 1.29 is 8.78 Å². The number of rotatable bonds is 5. The van der Waals surface area contributed by atoms with Crippen molar-refractivity contribution in [2.75, 3.05) is 32.5 Å². The van der Waals surface area contributed by atoms with Gasteiger partial charge in [0.2, 0.25) is 0 Å². The lowest BCUT2D eigenvalue weighted by atomic mass is 10.2. The van der Waals surface area contributed by atoms with Crippen LogP contribution in [0.25, 0.3) is 0 Å². The SMILES string of the molecule is CN(C)CCNc1ccc(C(N)=S)c(F)c1F. The van der Waals surface area contributed by atoms with Crippen molar-refractivity contribution in [2.24, 2.45) is 5.73 Å². The second kappa shape index (κ2) is 5.88. The summed E-state index contributed by atoms with van der Waals surface area (Å²) in [7, 11) is 3.79. The molecule has 6 heteroatoms. The fourth-order valence-corrected chi connectivity index (χ4v) is 1.45. The molecular weight excluding hydrogens is 244 g/mol. The number of likely N-dealkylation sites (N-methyl/N-ethyl adjacent to an activating group) is 1. The van der Waals surface area contributed by atoms with E-state index in [-0.39, 0.29) is 16.2 Å². The topological polar surface area (TPSA) is 41.3 Å². The Hall–Kier alpha value is -1.27. The molecule has 1 aromatic carbocycles. The molecule has 3 nitrogen and oxygen atoms in total. The molecule has 0 heterocycles. The van der Waals surface area contributed by atoms with Crippen LogP contribution in [0.5, 0.6) is 0 Å². The van der Waals surface area contributed by atoms with Crippen LogP contribution in [0, 0.1) is 11.6 Å². The van der Waals surface area contributed by atoms with Gasteiger partial charge in [-0.2, -0.15) is 0 Å². The monoisotopic (exact) mass is 259 g/mol. The fraction of sp³-hybridized carbons (Fsp3) is 0.364. The first-order valence-electron chi connectivity index (χ1n) is 5.10. The van der Waals surface area contributed by atoms with Crippen LogP contribution >= 0.6 is 12.2 Å². The third-order valence-electron chi connectivity index (χ3n) is 2.22. The molecule has 0 aliphatic rings. The molecule has 1 aromatic rings. The number of thiocarbonyl (C=S) groups is 1. The molecule has 0 saturated heterocycles. The van der Waals surface area contributed by atoms with Gasteiger partial charge in [0.25, 0.3) is 0 Å². The van der Waals surface area contributed by atoms with Gasteiger partial charge in [-0.1, -0.05) is 12.2 Å². The summed E-state index contributed by atoms with van der Waals surface area (Å²) in [5.74, 6) is -1.96. The molecule has 0 bridgehead atoms. The van der Waals surface area contributed by atoms with E-state index in [1.807, 2.05) is 19.0 Å². The molecule has 0 saturated carbocycles. The summed E-state index contributed by atoms with van der Waals surface area (Å²) in [6.45, 7) is 1.24. The Morgan fingerprint density at radius 1 is 1.35 bits per heavy atom. The summed E-state index contributed by atoms with van der Waals surface area (Å²) in [6, 6.07) is 2.81. The number of hydrogen-bond donors (Lipinski definition) is 2. The highest BCUT2D eigenvalue weighted by Gasteiger charge is 2.14. The van der Waals surface area contributed by atoms with Crippen molar-refractivity contribution in [2.45, 2.75) is 0 Å². The van der Waals surface area contributed by atoms with Gasteiger partial charge >= 0.3 is 0 Å². The average molecular weight is 259 g/mol. The highest BCUT2D eigenvalue weighted by molar-refractivity contribution is 7.80. The van der Waals surface area contributed by atoms with Crippen LogP contribution in [0.2, 0.25) is 0 Å². The minimum atomic E-state index is -1.01. The van der Waals surface area contributed by atoms with Crippen LogP contribution in [0.4, 0.5) is 14.5 Å². The van der Waals surface area contributed by atoms with E-state index < -0.39 is 11.6 Å². The van der Waals surface area contributed by atoms with Crippen LogP contribution in [-0.2, 0) is 0 Å². The summed E-state index contributed by atoms with van der Waals surface area (Å²) in [4.78, 5) is 1.78. The van der Waals surface area contributed by atoms with Crippen LogP contribution in [0.3, 0.4) is 0 Å². The second-order valence-electron chi connectivity index (χ2n) is 3.88. The molecule has 0 spiro atoms. The second-order valence-corrected chi connectivity index (χ2v) is 4.32. The lowest BCUT2D eigenvalue weighted by Gasteiger charge is -2.13. The molecule has 0 amide bonds. The van der Waals surface area contributed by atoms with Gasteiger partial charge in [0.05, 0.1) is 5.69 Å². The zero-order valence-corrected chi connectivity index (χ0v) is 10.6. The van der Waals surface area contributed by atoms with Crippen molar-refractivity contribution in [1.82, 2.24) is 4.90 Å². The first-order chi connectivity index (χ1) is 7.93. The van der Waals surface area contributed by atoms with Crippen molar-refractivity contribution in [3.8, 4) is 0 Å². The van der Waals surface area contributed by atoms with Crippen molar-refractivity contribution >= 4 is 22.9 Å². The summed E-state index contributed by atoms with van der Waals surface area (Å²) in [5, 5.41) is 2.81. The summed E-state index contributed by atoms with van der Waals surface area (Å²) in [5.41, 5.74) is 5.31. The maximum absolute atomic E-state index is 13.6. The van der Waals surface area contributed by atoms with E-state index in [4.69, 9.17) is 5.73 Å². The fourth-order valence-electron chi connectivity index (χ4n) is 1.29. The Kier molecular flexibility index (Phi) is 4.77. The Morgan fingerprint density at radius 3 is 2.53 bits per heavy atom. The van der Waals surface area contributed by atoms with Crippen LogP contribution < -0.4 is 11.1 Å². The molecule has 17 heavy (non-hydrogen) atoms. The van der Waals surface area contributed by atoms with Gasteiger partial charge in [-0.05, 0) is 26.2 Å². The largest absolute Gasteiger partial charge is 0.389 e. The Bertz CT molecular complexity index is 421. The highest BCUT2D eigenvalue weighted by atomic mass is 32.1. The third-order valence-corrected chi connectivity index (χ3v) is 2.44. The zero-order valence-electron chi connectivity index (χ0n) is 9.76. The van der Waals surface area contributed by atoms with E-state index in [2.05, 4.69) is 17.5 Å². The first-order valence-corrected chi connectivity index (χ1v) is 5.50. The molecule has 3 N–H and O–H groups in total. The van der Waals surface area contributed by atoms with Gasteiger partial charge < -0.3 is 16.0 Å². The first kappa shape index (κ1) is 13.8. The molecule has 94 valence electrons. The van der Waals surface area contributed by atoms with Gasteiger partial charge in [-0.3, -0.25) is 0 Å². The molecule has 1 rings (SSSR count). The summed E-state index contributed by atoms with van der Waals surface area (Å²) >= 11 is 4.62. The molecule has 0 unspecified atom stereocenters. The molecule has 0 aliphatic heterocycles. The van der Waals surface area contributed by atoms with E-state index in [1.165, 1.54) is 12.1 Å². The van der Waals surface area contributed by atoms with Gasteiger partial charge in [0.15, 0.2) is 11.6 Å². The molecule has 0 fully saturated rings. The third kappa shape index (κ3) is 3.61. The maximum Gasteiger partial charge on any atom is 0.182 e. The number of anilines is 1. The van der Waals surface area contributed by atoms with E-state index in [0.717, 1.165) is 6.54 Å². The minimum absolute atomic E-state index is 0.0735. The van der Waals surface area contributed by atoms with Crippen LogP contribution in [-0.4, -0.2) is 37.1 Å². The lowest BCUT2D eigenvalue weighted by molar-refractivity contribution is 0.424. The van der Waals surface area contributed by atoms with Crippen LogP contribution in [0.15, 0.2) is 12.1 Å². The average Bonchev–Trinajstić information content (AvgIpc) is 2.23. The predicted octanol–water partition coefficient (Wildman–Crippen LogP) is 1.57. The van der Waals surface area contributed by atoms with Crippen molar-refractivity contribution in [3.63, 3.8) is 0 Å². The Balaban J connectivity index is 2.82. The summed E-state index contributed by atoms with van der Waals surface area (Å²) in [6.07, 6.45) is 0. The number of nitrogens with one attached hydrogen (secondary N) is 1. The van der Waals surface area contributed by atoms with Crippen molar-refractivity contribution in [3.05, 3.63) is 29.3 Å². The van der Waals surface area contributed by atoms with E-state index in [0.29, 0.717) is 6.54 Å². The zero-order chi connectivity index (χ0) is 13.0. The highest BCUT2D eigenvalue weighted by Crippen LogP contribution is 2.20. The molecule has 0 aliphatic carbocycles. The number of nitrogens with two attached hydrogens (primary N) is 1. The van der Waals surface area contributed by atoms with Gasteiger partial charge in [0.1, 0.15) is 4.99 Å². The van der Waals surface area contributed by atoms with E-state index >= 15 is 0 Å². The standard InChI is InChI=1S/C11H15F2N3S/c1-16(2)6-5-15-8-4-3-7(11(14)17)9(12)10(8)13/h3-4,15H,5-6H2,1-2H3,(H2,14,17). The molecular formula is C11H15F2N3S. The van der Waals surface area contributed by atoms with Crippen molar-refractivity contribution in [1.29, 1.82) is 0 Å². The Labute approximate surface area is 105 Å². The summed E-state index contributed by atoms with van der Waals surface area (Å²) < 4.78 is 27.1. The normalized spacial score (nSPS) is 10.6. The number of hydrogen-bond acceptors (Lipinski definition) is 3. The number of benzene rings is 1. The Morgan fingerprint density at radius 2 is 2.00 bits per heavy atom. The smallest absolute Gasteiger partial charge is 0.182 e. The molecule has 0 atom stereocenters.